The SMILES string of the molecule is COCCCNc1cc(C)cc(N(C)CCS(=O)(=O)CCO)n1. The molecule has 0 amide bonds. The summed E-state index contributed by atoms with van der Waals surface area (Å²) < 4.78 is 28.3. The van der Waals surface area contributed by atoms with Crippen molar-refractivity contribution >= 4 is 21.5 Å². The minimum absolute atomic E-state index is 0.00369. The van der Waals surface area contributed by atoms with E-state index in [0.717, 1.165) is 30.2 Å². The van der Waals surface area contributed by atoms with Gasteiger partial charge in [0.05, 0.1) is 18.1 Å². The van der Waals surface area contributed by atoms with Crippen molar-refractivity contribution in [2.45, 2.75) is 13.3 Å². The minimum Gasteiger partial charge on any atom is -0.395 e. The van der Waals surface area contributed by atoms with Gasteiger partial charge < -0.3 is 20.1 Å². The van der Waals surface area contributed by atoms with Crippen molar-refractivity contribution in [2.24, 2.45) is 0 Å². The second kappa shape index (κ2) is 9.69. The molecule has 2 N–H and O–H groups in total. The third-order valence-electron chi connectivity index (χ3n) is 3.32. The number of hydrogen-bond acceptors (Lipinski definition) is 7. The van der Waals surface area contributed by atoms with Gasteiger partial charge in [-0.2, -0.15) is 0 Å². The minimum atomic E-state index is -3.22. The molecule has 0 aliphatic heterocycles. The Hall–Kier alpha value is -1.38. The highest BCUT2D eigenvalue weighted by Crippen LogP contribution is 2.16. The first-order valence-electron chi connectivity index (χ1n) is 7.62. The third-order valence-corrected chi connectivity index (χ3v) is 4.93. The predicted molar refractivity (Wildman–Crippen MR) is 93.0 cm³/mol. The third kappa shape index (κ3) is 7.62. The lowest BCUT2D eigenvalue weighted by molar-refractivity contribution is 0.198. The van der Waals surface area contributed by atoms with Crippen molar-refractivity contribution in [3.8, 4) is 0 Å². The quantitative estimate of drug-likeness (QED) is 0.570. The topological polar surface area (TPSA) is 91.8 Å². The van der Waals surface area contributed by atoms with Gasteiger partial charge in [0, 0.05) is 33.9 Å². The number of sulfone groups is 1. The standard InChI is InChI=1S/C15H27N3O4S/c1-13-11-14(16-5-4-8-22-3)17-15(12-13)18(2)6-9-23(20,21)10-7-19/h11-12,19H,4-10H2,1-3H3,(H,16,17). The lowest BCUT2D eigenvalue weighted by Gasteiger charge is -2.19. The Bertz CT molecular complexity index is 578. The smallest absolute Gasteiger partial charge is 0.154 e. The predicted octanol–water partition coefficient (Wildman–Crippen LogP) is 0.682. The normalized spacial score (nSPS) is 11.5. The van der Waals surface area contributed by atoms with Crippen LogP contribution < -0.4 is 10.2 Å². The number of nitrogens with zero attached hydrogens (tertiary/aromatic N) is 2. The second-order valence-electron chi connectivity index (χ2n) is 5.46. The fourth-order valence-corrected chi connectivity index (χ4v) is 3.03. The number of nitrogens with one attached hydrogen (secondary N) is 1. The molecule has 0 spiro atoms. The number of aliphatic hydroxyl groups is 1. The van der Waals surface area contributed by atoms with Gasteiger partial charge >= 0.3 is 0 Å². The molecule has 0 bridgehead atoms. The van der Waals surface area contributed by atoms with Crippen LogP contribution in [-0.4, -0.2) is 70.5 Å². The Kier molecular flexibility index (Phi) is 8.29. The molecule has 8 heteroatoms. The number of aromatic nitrogens is 1. The zero-order valence-corrected chi connectivity index (χ0v) is 14.9. The van der Waals surface area contributed by atoms with E-state index < -0.39 is 9.84 Å². The van der Waals surface area contributed by atoms with Gasteiger partial charge in [0.25, 0.3) is 0 Å². The largest absolute Gasteiger partial charge is 0.395 e. The molecule has 7 nitrogen and oxygen atoms in total. The summed E-state index contributed by atoms with van der Waals surface area (Å²) in [6.45, 7) is 3.42. The number of ether oxygens (including phenoxy) is 1. The van der Waals surface area contributed by atoms with Crippen LogP contribution in [0.4, 0.5) is 11.6 Å². The van der Waals surface area contributed by atoms with Crippen molar-refractivity contribution in [1.29, 1.82) is 0 Å². The molecule has 1 aromatic heterocycles. The molecule has 0 aliphatic carbocycles. The van der Waals surface area contributed by atoms with Crippen molar-refractivity contribution in [2.75, 3.05) is 62.2 Å². The van der Waals surface area contributed by atoms with E-state index in [1.165, 1.54) is 0 Å². The van der Waals surface area contributed by atoms with E-state index in [1.54, 1.807) is 7.11 Å². The zero-order chi connectivity index (χ0) is 17.3. The molecule has 23 heavy (non-hydrogen) atoms. The van der Waals surface area contributed by atoms with Crippen LogP contribution in [0.2, 0.25) is 0 Å². The van der Waals surface area contributed by atoms with Crippen LogP contribution in [0.3, 0.4) is 0 Å². The summed E-state index contributed by atoms with van der Waals surface area (Å²) in [5.41, 5.74) is 1.05. The van der Waals surface area contributed by atoms with Gasteiger partial charge in [-0.1, -0.05) is 0 Å². The van der Waals surface area contributed by atoms with Gasteiger partial charge in [0.1, 0.15) is 11.6 Å². The molecule has 0 aliphatic rings. The number of anilines is 2. The molecule has 0 unspecified atom stereocenters. The molecule has 0 saturated heterocycles. The van der Waals surface area contributed by atoms with E-state index in [9.17, 15) is 8.42 Å². The van der Waals surface area contributed by atoms with E-state index in [0.29, 0.717) is 13.2 Å². The molecule has 132 valence electrons. The summed E-state index contributed by atoms with van der Waals surface area (Å²) in [6, 6.07) is 3.87. The van der Waals surface area contributed by atoms with Gasteiger partial charge in [-0.25, -0.2) is 13.4 Å². The highest BCUT2D eigenvalue weighted by atomic mass is 32.2. The number of rotatable bonds is 11. The molecule has 0 fully saturated rings. The van der Waals surface area contributed by atoms with Crippen molar-refractivity contribution < 1.29 is 18.3 Å². The van der Waals surface area contributed by atoms with E-state index in [-0.39, 0.29) is 18.1 Å². The Morgan fingerprint density at radius 2 is 2.09 bits per heavy atom. The Morgan fingerprint density at radius 3 is 2.74 bits per heavy atom. The highest BCUT2D eigenvalue weighted by molar-refractivity contribution is 7.91. The number of pyridine rings is 1. The first-order chi connectivity index (χ1) is 10.9. The molecule has 1 rings (SSSR count). The van der Waals surface area contributed by atoms with Crippen LogP contribution in [0.1, 0.15) is 12.0 Å². The molecule has 0 saturated carbocycles. The van der Waals surface area contributed by atoms with Crippen LogP contribution >= 0.6 is 0 Å². The van der Waals surface area contributed by atoms with Gasteiger partial charge in [-0.15, -0.1) is 0 Å². The lowest BCUT2D eigenvalue weighted by atomic mass is 10.2. The van der Waals surface area contributed by atoms with Crippen molar-refractivity contribution in [3.63, 3.8) is 0 Å². The van der Waals surface area contributed by atoms with Crippen LogP contribution in [0.25, 0.3) is 0 Å². The fourth-order valence-electron chi connectivity index (χ4n) is 2.00. The number of aryl methyl sites for hydroxylation is 1. The molecular weight excluding hydrogens is 318 g/mol. The molecule has 1 aromatic rings. The molecular formula is C15H27N3O4S. The molecule has 0 aromatic carbocycles. The average molecular weight is 345 g/mol. The van der Waals surface area contributed by atoms with Crippen LogP contribution in [0, 0.1) is 6.92 Å². The number of aliphatic hydroxyl groups excluding tert-OH is 1. The van der Waals surface area contributed by atoms with Crippen molar-refractivity contribution in [1.82, 2.24) is 4.98 Å². The van der Waals surface area contributed by atoms with E-state index in [4.69, 9.17) is 9.84 Å². The summed E-state index contributed by atoms with van der Waals surface area (Å²) in [6.07, 6.45) is 0.886. The summed E-state index contributed by atoms with van der Waals surface area (Å²) in [5, 5.41) is 12.0. The van der Waals surface area contributed by atoms with Crippen molar-refractivity contribution in [3.05, 3.63) is 17.7 Å². The maximum Gasteiger partial charge on any atom is 0.154 e. The second-order valence-corrected chi connectivity index (χ2v) is 7.76. The summed E-state index contributed by atoms with van der Waals surface area (Å²) in [5.74, 6) is 1.28. The van der Waals surface area contributed by atoms with Crippen LogP contribution in [0.5, 0.6) is 0 Å². The van der Waals surface area contributed by atoms with Crippen LogP contribution in [-0.2, 0) is 14.6 Å². The van der Waals surface area contributed by atoms with Gasteiger partial charge in [0.15, 0.2) is 9.84 Å². The van der Waals surface area contributed by atoms with Gasteiger partial charge in [-0.3, -0.25) is 0 Å². The number of hydrogen-bond donors (Lipinski definition) is 2. The van der Waals surface area contributed by atoms with E-state index in [1.807, 2.05) is 31.0 Å². The maximum atomic E-state index is 11.7. The fraction of sp³-hybridized carbons (Fsp3) is 0.667. The number of methoxy groups -OCH3 is 1. The Labute approximate surface area is 138 Å². The highest BCUT2D eigenvalue weighted by Gasteiger charge is 2.13. The van der Waals surface area contributed by atoms with Gasteiger partial charge in [0.2, 0.25) is 0 Å². The zero-order valence-electron chi connectivity index (χ0n) is 14.1. The van der Waals surface area contributed by atoms with E-state index >= 15 is 0 Å². The first-order valence-corrected chi connectivity index (χ1v) is 9.44. The Morgan fingerprint density at radius 1 is 1.35 bits per heavy atom. The first kappa shape index (κ1) is 19.7. The van der Waals surface area contributed by atoms with Gasteiger partial charge in [-0.05, 0) is 31.0 Å². The summed E-state index contributed by atoms with van der Waals surface area (Å²) in [7, 11) is 0.256. The molecule has 0 radical (unpaired) electrons. The molecule has 1 heterocycles. The summed E-state index contributed by atoms with van der Waals surface area (Å²) >= 11 is 0. The van der Waals surface area contributed by atoms with E-state index in [2.05, 4.69) is 10.3 Å². The monoisotopic (exact) mass is 345 g/mol. The molecule has 0 atom stereocenters. The lowest BCUT2D eigenvalue weighted by Crippen LogP contribution is -2.28. The average Bonchev–Trinajstić information content (AvgIpc) is 2.49. The summed E-state index contributed by atoms with van der Waals surface area (Å²) in [4.78, 5) is 6.32. The maximum absolute atomic E-state index is 11.7. The Balaban J connectivity index is 2.65. The van der Waals surface area contributed by atoms with Crippen LogP contribution in [0.15, 0.2) is 12.1 Å².